The molecule has 1 saturated carbocycles. The van der Waals surface area contributed by atoms with Gasteiger partial charge in [0.15, 0.2) is 5.96 Å². The van der Waals surface area contributed by atoms with Gasteiger partial charge >= 0.3 is 0 Å². The molecule has 0 heterocycles. The molecular weight excluding hydrogens is 419 g/mol. The number of carbonyl (C=O) groups is 1. The van der Waals surface area contributed by atoms with E-state index in [0.717, 1.165) is 12.8 Å². The Morgan fingerprint density at radius 2 is 2.08 bits per heavy atom. The minimum atomic E-state index is -0.141. The highest BCUT2D eigenvalue weighted by Crippen LogP contribution is 2.17. The summed E-state index contributed by atoms with van der Waals surface area (Å²) in [6, 6.07) is 7.49. The molecule has 1 aromatic carbocycles. The average molecular weight is 446 g/mol. The maximum Gasteiger partial charge on any atom is 0.251 e. The van der Waals surface area contributed by atoms with Crippen molar-refractivity contribution < 1.29 is 9.53 Å². The van der Waals surface area contributed by atoms with Crippen LogP contribution in [0.5, 0.6) is 5.75 Å². The summed E-state index contributed by atoms with van der Waals surface area (Å²) in [6.07, 6.45) is 6.13. The molecule has 0 aromatic heterocycles. The zero-order valence-corrected chi connectivity index (χ0v) is 16.4. The third-order valence-corrected chi connectivity index (χ3v) is 3.97. The molecule has 1 aliphatic rings. The van der Waals surface area contributed by atoms with Gasteiger partial charge in [-0.1, -0.05) is 25.3 Å². The summed E-state index contributed by atoms with van der Waals surface area (Å²) in [5.74, 6) is 0.988. The van der Waals surface area contributed by atoms with E-state index in [0.29, 0.717) is 36.4 Å². The molecule has 1 fully saturated rings. The van der Waals surface area contributed by atoms with Gasteiger partial charge in [0.25, 0.3) is 5.91 Å². The Balaban J connectivity index is 0.00000288. The van der Waals surface area contributed by atoms with E-state index in [9.17, 15) is 4.79 Å². The van der Waals surface area contributed by atoms with Crippen molar-refractivity contribution in [2.45, 2.75) is 38.1 Å². The fourth-order valence-corrected chi connectivity index (χ4v) is 2.71. The number of amides is 1. The molecule has 4 N–H and O–H groups in total. The van der Waals surface area contributed by atoms with Crippen LogP contribution in [0.4, 0.5) is 0 Å². The topological polar surface area (TPSA) is 88.7 Å². The highest BCUT2D eigenvalue weighted by atomic mass is 127. The van der Waals surface area contributed by atoms with E-state index in [1.165, 1.54) is 19.3 Å². The highest BCUT2D eigenvalue weighted by molar-refractivity contribution is 14.0. The van der Waals surface area contributed by atoms with Gasteiger partial charge in [-0.15, -0.1) is 24.0 Å². The molecule has 6 nitrogen and oxygen atoms in total. The summed E-state index contributed by atoms with van der Waals surface area (Å²) < 4.78 is 5.11. The number of hydrogen-bond acceptors (Lipinski definition) is 3. The largest absolute Gasteiger partial charge is 0.497 e. The fourth-order valence-electron chi connectivity index (χ4n) is 2.71. The minimum Gasteiger partial charge on any atom is -0.497 e. The van der Waals surface area contributed by atoms with Crippen molar-refractivity contribution >= 4 is 35.8 Å². The van der Waals surface area contributed by atoms with Gasteiger partial charge in [-0.3, -0.25) is 9.79 Å². The lowest BCUT2D eigenvalue weighted by Crippen LogP contribution is -2.41. The molecule has 0 saturated heterocycles. The molecule has 2 rings (SSSR count). The van der Waals surface area contributed by atoms with Crippen LogP contribution in [0.25, 0.3) is 0 Å². The predicted molar refractivity (Wildman–Crippen MR) is 107 cm³/mol. The third-order valence-electron chi connectivity index (χ3n) is 3.97. The van der Waals surface area contributed by atoms with Gasteiger partial charge < -0.3 is 21.1 Å². The second-order valence-electron chi connectivity index (χ2n) is 5.73. The third kappa shape index (κ3) is 6.94. The van der Waals surface area contributed by atoms with Gasteiger partial charge in [-0.25, -0.2) is 0 Å². The number of nitrogens with zero attached hydrogens (tertiary/aromatic N) is 1. The number of guanidine groups is 1. The average Bonchev–Trinajstić information content (AvgIpc) is 2.59. The van der Waals surface area contributed by atoms with Gasteiger partial charge in [-0.05, 0) is 31.0 Å². The van der Waals surface area contributed by atoms with Gasteiger partial charge in [0.1, 0.15) is 5.75 Å². The number of ether oxygens (including phenoxy) is 1. The first-order valence-electron chi connectivity index (χ1n) is 8.18. The summed E-state index contributed by atoms with van der Waals surface area (Å²) in [7, 11) is 1.58. The zero-order chi connectivity index (χ0) is 16.5. The first kappa shape index (κ1) is 20.5. The summed E-state index contributed by atoms with van der Waals surface area (Å²) in [6.45, 7) is 0.907. The van der Waals surface area contributed by atoms with E-state index >= 15 is 0 Å². The molecular formula is C17H27IN4O2. The maximum atomic E-state index is 12.0. The first-order chi connectivity index (χ1) is 11.2. The Morgan fingerprint density at radius 1 is 1.33 bits per heavy atom. The van der Waals surface area contributed by atoms with Gasteiger partial charge in [0.2, 0.25) is 0 Å². The molecule has 7 heteroatoms. The summed E-state index contributed by atoms with van der Waals surface area (Å²) in [5, 5.41) is 6.08. The second-order valence-corrected chi connectivity index (χ2v) is 5.73. The molecule has 1 amide bonds. The number of nitrogens with one attached hydrogen (secondary N) is 2. The number of benzene rings is 1. The standard InChI is InChI=1S/C17H26N4O2.HI/c1-23-15-9-5-6-13(12-15)16(22)19-10-11-20-17(18)21-14-7-3-2-4-8-14;/h5-6,9,12,14H,2-4,7-8,10-11H2,1H3,(H,19,22)(H3,18,20,21);1H. The van der Waals surface area contributed by atoms with Crippen LogP contribution in [0.1, 0.15) is 42.5 Å². The van der Waals surface area contributed by atoms with Crippen LogP contribution in [0.15, 0.2) is 29.3 Å². The summed E-state index contributed by atoms with van der Waals surface area (Å²) in [5.41, 5.74) is 6.45. The van der Waals surface area contributed by atoms with E-state index in [1.807, 2.05) is 0 Å². The number of halogens is 1. The van der Waals surface area contributed by atoms with E-state index in [-0.39, 0.29) is 29.9 Å². The van der Waals surface area contributed by atoms with Crippen molar-refractivity contribution in [1.29, 1.82) is 0 Å². The number of carbonyl (C=O) groups excluding carboxylic acids is 1. The molecule has 1 aliphatic carbocycles. The maximum absolute atomic E-state index is 12.0. The smallest absolute Gasteiger partial charge is 0.251 e. The minimum absolute atomic E-state index is 0. The SMILES string of the molecule is COc1cccc(C(=O)NCCN=C(N)NC2CCCCC2)c1.I. The number of rotatable bonds is 6. The Labute approximate surface area is 160 Å². The number of nitrogens with two attached hydrogens (primary N) is 1. The first-order valence-corrected chi connectivity index (χ1v) is 8.18. The van der Waals surface area contributed by atoms with Crippen LogP contribution in [-0.2, 0) is 0 Å². The van der Waals surface area contributed by atoms with E-state index < -0.39 is 0 Å². The molecule has 134 valence electrons. The summed E-state index contributed by atoms with van der Waals surface area (Å²) >= 11 is 0. The Kier molecular flexibility index (Phi) is 9.51. The van der Waals surface area contributed by atoms with Gasteiger partial charge in [0, 0.05) is 18.2 Å². The number of methoxy groups -OCH3 is 1. The molecule has 0 atom stereocenters. The molecule has 0 bridgehead atoms. The van der Waals surface area contributed by atoms with Crippen LogP contribution in [0.3, 0.4) is 0 Å². The lowest BCUT2D eigenvalue weighted by Gasteiger charge is -2.23. The van der Waals surface area contributed by atoms with Crippen molar-refractivity contribution in [3.05, 3.63) is 29.8 Å². The van der Waals surface area contributed by atoms with Gasteiger partial charge in [-0.2, -0.15) is 0 Å². The molecule has 0 unspecified atom stereocenters. The van der Waals surface area contributed by atoms with Crippen LogP contribution in [0, 0.1) is 0 Å². The lowest BCUT2D eigenvalue weighted by molar-refractivity contribution is 0.0954. The quantitative estimate of drug-likeness (QED) is 0.271. The Bertz CT molecular complexity index is 545. The van der Waals surface area contributed by atoms with Crippen LogP contribution in [0.2, 0.25) is 0 Å². The van der Waals surface area contributed by atoms with E-state index in [4.69, 9.17) is 10.5 Å². The van der Waals surface area contributed by atoms with E-state index in [1.54, 1.807) is 31.4 Å². The molecule has 0 aliphatic heterocycles. The molecule has 24 heavy (non-hydrogen) atoms. The highest BCUT2D eigenvalue weighted by Gasteiger charge is 2.13. The predicted octanol–water partition coefficient (Wildman–Crippen LogP) is 2.28. The van der Waals surface area contributed by atoms with Crippen molar-refractivity contribution in [1.82, 2.24) is 10.6 Å². The second kappa shape index (κ2) is 11.1. The van der Waals surface area contributed by atoms with Crippen LogP contribution < -0.4 is 21.1 Å². The normalized spacial score (nSPS) is 15.3. The zero-order valence-electron chi connectivity index (χ0n) is 14.1. The molecule has 0 spiro atoms. The summed E-state index contributed by atoms with van der Waals surface area (Å²) in [4.78, 5) is 16.3. The number of aliphatic imine (C=N–C) groups is 1. The number of hydrogen-bond donors (Lipinski definition) is 3. The van der Waals surface area contributed by atoms with Crippen molar-refractivity contribution in [2.24, 2.45) is 10.7 Å². The monoisotopic (exact) mass is 446 g/mol. The van der Waals surface area contributed by atoms with Gasteiger partial charge in [0.05, 0.1) is 13.7 Å². The lowest BCUT2D eigenvalue weighted by atomic mass is 9.96. The molecule has 1 aromatic rings. The van der Waals surface area contributed by atoms with Crippen molar-refractivity contribution in [2.75, 3.05) is 20.2 Å². The van der Waals surface area contributed by atoms with Crippen LogP contribution >= 0.6 is 24.0 Å². The van der Waals surface area contributed by atoms with E-state index in [2.05, 4.69) is 15.6 Å². The van der Waals surface area contributed by atoms with Crippen molar-refractivity contribution in [3.8, 4) is 5.75 Å². The molecule has 0 radical (unpaired) electrons. The fraction of sp³-hybridized carbons (Fsp3) is 0.529. The van der Waals surface area contributed by atoms with Crippen LogP contribution in [-0.4, -0.2) is 38.1 Å². The Morgan fingerprint density at radius 3 is 2.79 bits per heavy atom. The van der Waals surface area contributed by atoms with Crippen molar-refractivity contribution in [3.63, 3.8) is 0 Å². The Hall–Kier alpha value is -1.51.